The lowest BCUT2D eigenvalue weighted by Gasteiger charge is -2.15. The number of hydrogen-bond donors (Lipinski definition) is 1. The van der Waals surface area contributed by atoms with Gasteiger partial charge in [0.25, 0.3) is 0 Å². The molecule has 1 aromatic heterocycles. The molecule has 0 aliphatic rings. The van der Waals surface area contributed by atoms with Crippen LogP contribution in [-0.2, 0) is 6.42 Å². The van der Waals surface area contributed by atoms with Crippen LogP contribution in [0.4, 0.5) is 5.69 Å². The lowest BCUT2D eigenvalue weighted by atomic mass is 10.00. The van der Waals surface area contributed by atoms with Gasteiger partial charge in [0.05, 0.1) is 11.9 Å². The van der Waals surface area contributed by atoms with E-state index in [2.05, 4.69) is 75.5 Å². The van der Waals surface area contributed by atoms with Gasteiger partial charge >= 0.3 is 0 Å². The third-order valence-electron chi connectivity index (χ3n) is 3.64. The SMILES string of the molecule is CC(C)Cc1ccc(C(C)Nc2cnn(C(C)C)c2)cc1. The van der Waals surface area contributed by atoms with E-state index in [1.807, 2.05) is 10.9 Å². The van der Waals surface area contributed by atoms with Crippen LogP contribution in [0, 0.1) is 5.92 Å². The smallest absolute Gasteiger partial charge is 0.0731 e. The van der Waals surface area contributed by atoms with Crippen LogP contribution in [0.1, 0.15) is 57.8 Å². The summed E-state index contributed by atoms with van der Waals surface area (Å²) in [4.78, 5) is 0. The van der Waals surface area contributed by atoms with Crippen molar-refractivity contribution in [3.63, 3.8) is 0 Å². The molecular formula is C18H27N3. The number of nitrogens with one attached hydrogen (secondary N) is 1. The monoisotopic (exact) mass is 285 g/mol. The molecule has 114 valence electrons. The largest absolute Gasteiger partial charge is 0.376 e. The molecule has 2 rings (SSSR count). The van der Waals surface area contributed by atoms with E-state index in [0.29, 0.717) is 12.0 Å². The summed E-state index contributed by atoms with van der Waals surface area (Å²) in [5.74, 6) is 0.702. The maximum atomic E-state index is 4.36. The Hall–Kier alpha value is -1.77. The van der Waals surface area contributed by atoms with E-state index in [1.165, 1.54) is 11.1 Å². The first-order chi connectivity index (χ1) is 9.95. The molecule has 0 fully saturated rings. The Balaban J connectivity index is 2.00. The summed E-state index contributed by atoms with van der Waals surface area (Å²) in [7, 11) is 0. The highest BCUT2D eigenvalue weighted by Crippen LogP contribution is 2.20. The minimum absolute atomic E-state index is 0.280. The van der Waals surface area contributed by atoms with Gasteiger partial charge in [-0.1, -0.05) is 38.1 Å². The average Bonchev–Trinajstić information content (AvgIpc) is 2.87. The van der Waals surface area contributed by atoms with Gasteiger partial charge in [-0.2, -0.15) is 5.10 Å². The van der Waals surface area contributed by atoms with Gasteiger partial charge in [-0.3, -0.25) is 4.68 Å². The predicted molar refractivity (Wildman–Crippen MR) is 89.6 cm³/mol. The zero-order valence-corrected chi connectivity index (χ0v) is 13.8. The fourth-order valence-corrected chi connectivity index (χ4v) is 2.44. The zero-order chi connectivity index (χ0) is 15.4. The molecule has 1 atom stereocenters. The molecule has 21 heavy (non-hydrogen) atoms. The number of rotatable bonds is 6. The zero-order valence-electron chi connectivity index (χ0n) is 13.8. The van der Waals surface area contributed by atoms with Crippen molar-refractivity contribution in [2.45, 2.75) is 53.1 Å². The van der Waals surface area contributed by atoms with Crippen molar-refractivity contribution in [1.29, 1.82) is 0 Å². The van der Waals surface area contributed by atoms with Crippen LogP contribution < -0.4 is 5.32 Å². The molecule has 1 N–H and O–H groups in total. The molecule has 0 aliphatic heterocycles. The van der Waals surface area contributed by atoms with E-state index in [0.717, 1.165) is 12.1 Å². The first kappa shape index (κ1) is 15.6. The quantitative estimate of drug-likeness (QED) is 0.823. The summed E-state index contributed by atoms with van der Waals surface area (Å²) in [6, 6.07) is 9.61. The van der Waals surface area contributed by atoms with E-state index in [4.69, 9.17) is 0 Å². The van der Waals surface area contributed by atoms with Crippen LogP contribution in [0.25, 0.3) is 0 Å². The highest BCUT2D eigenvalue weighted by atomic mass is 15.3. The summed E-state index contributed by atoms with van der Waals surface area (Å²) in [6.45, 7) is 11.0. The minimum Gasteiger partial charge on any atom is -0.376 e. The maximum absolute atomic E-state index is 4.36. The molecule has 0 saturated heterocycles. The Bertz CT molecular complexity index is 552. The Morgan fingerprint density at radius 3 is 2.24 bits per heavy atom. The van der Waals surface area contributed by atoms with E-state index in [9.17, 15) is 0 Å². The fourth-order valence-electron chi connectivity index (χ4n) is 2.44. The van der Waals surface area contributed by atoms with Gasteiger partial charge in [-0.15, -0.1) is 0 Å². The molecule has 1 aromatic carbocycles. The normalized spacial score (nSPS) is 12.9. The van der Waals surface area contributed by atoms with Crippen LogP contribution in [0.15, 0.2) is 36.7 Å². The van der Waals surface area contributed by atoms with Gasteiger partial charge in [0, 0.05) is 18.3 Å². The van der Waals surface area contributed by atoms with E-state index in [1.54, 1.807) is 0 Å². The van der Waals surface area contributed by atoms with Crippen molar-refractivity contribution in [3.05, 3.63) is 47.8 Å². The molecule has 0 radical (unpaired) electrons. The molecule has 3 heteroatoms. The molecule has 1 unspecified atom stereocenters. The van der Waals surface area contributed by atoms with E-state index >= 15 is 0 Å². The molecule has 2 aromatic rings. The summed E-state index contributed by atoms with van der Waals surface area (Å²) in [5.41, 5.74) is 3.79. The summed E-state index contributed by atoms with van der Waals surface area (Å²) < 4.78 is 1.97. The van der Waals surface area contributed by atoms with Gasteiger partial charge in [0.15, 0.2) is 0 Å². The molecular weight excluding hydrogens is 258 g/mol. The van der Waals surface area contributed by atoms with Crippen molar-refractivity contribution in [1.82, 2.24) is 9.78 Å². The Labute approximate surface area is 128 Å². The van der Waals surface area contributed by atoms with Crippen LogP contribution >= 0.6 is 0 Å². The van der Waals surface area contributed by atoms with Crippen LogP contribution in [-0.4, -0.2) is 9.78 Å². The lowest BCUT2D eigenvalue weighted by Crippen LogP contribution is -2.06. The topological polar surface area (TPSA) is 29.9 Å². The molecule has 0 amide bonds. The van der Waals surface area contributed by atoms with Crippen molar-refractivity contribution in [2.75, 3.05) is 5.32 Å². The maximum Gasteiger partial charge on any atom is 0.0731 e. The number of nitrogens with zero attached hydrogens (tertiary/aromatic N) is 2. The number of anilines is 1. The second-order valence-electron chi connectivity index (χ2n) is 6.51. The molecule has 3 nitrogen and oxygen atoms in total. The van der Waals surface area contributed by atoms with Gasteiger partial charge < -0.3 is 5.32 Å². The van der Waals surface area contributed by atoms with Crippen LogP contribution in [0.3, 0.4) is 0 Å². The summed E-state index contributed by atoms with van der Waals surface area (Å²) in [6.07, 6.45) is 5.10. The molecule has 0 bridgehead atoms. The third-order valence-corrected chi connectivity index (χ3v) is 3.64. The Kier molecular flexibility index (Phi) is 5.05. The van der Waals surface area contributed by atoms with Crippen molar-refractivity contribution in [2.24, 2.45) is 5.92 Å². The third kappa shape index (κ3) is 4.35. The first-order valence-electron chi connectivity index (χ1n) is 7.85. The predicted octanol–water partition coefficient (Wildman–Crippen LogP) is 4.84. The van der Waals surface area contributed by atoms with Gasteiger partial charge in [0.1, 0.15) is 0 Å². The standard InChI is InChI=1S/C18H27N3/c1-13(2)10-16-6-8-17(9-7-16)15(5)20-18-11-19-21(12-18)14(3)4/h6-9,11-15,20H,10H2,1-5H3. The van der Waals surface area contributed by atoms with Gasteiger partial charge in [-0.05, 0) is 44.2 Å². The molecule has 0 saturated carbocycles. The minimum atomic E-state index is 0.280. The molecule has 1 heterocycles. The van der Waals surface area contributed by atoms with Crippen molar-refractivity contribution in [3.8, 4) is 0 Å². The van der Waals surface area contributed by atoms with Gasteiger partial charge in [0.2, 0.25) is 0 Å². The van der Waals surface area contributed by atoms with Crippen molar-refractivity contribution >= 4 is 5.69 Å². The van der Waals surface area contributed by atoms with Crippen LogP contribution in [0.5, 0.6) is 0 Å². The first-order valence-corrected chi connectivity index (χ1v) is 7.85. The summed E-state index contributed by atoms with van der Waals surface area (Å²) >= 11 is 0. The number of hydrogen-bond acceptors (Lipinski definition) is 2. The van der Waals surface area contributed by atoms with E-state index < -0.39 is 0 Å². The molecule has 0 spiro atoms. The number of benzene rings is 1. The second kappa shape index (κ2) is 6.79. The van der Waals surface area contributed by atoms with E-state index in [-0.39, 0.29) is 6.04 Å². The summed E-state index contributed by atoms with van der Waals surface area (Å²) in [5, 5.41) is 7.87. The highest BCUT2D eigenvalue weighted by molar-refractivity contribution is 5.42. The Morgan fingerprint density at radius 2 is 1.71 bits per heavy atom. The average molecular weight is 285 g/mol. The van der Waals surface area contributed by atoms with Crippen LogP contribution in [0.2, 0.25) is 0 Å². The lowest BCUT2D eigenvalue weighted by molar-refractivity contribution is 0.532. The van der Waals surface area contributed by atoms with Gasteiger partial charge in [-0.25, -0.2) is 0 Å². The molecule has 0 aliphatic carbocycles. The fraction of sp³-hybridized carbons (Fsp3) is 0.500. The van der Waals surface area contributed by atoms with Crippen molar-refractivity contribution < 1.29 is 0 Å². The number of aromatic nitrogens is 2. The highest BCUT2D eigenvalue weighted by Gasteiger charge is 2.08. The Morgan fingerprint density at radius 1 is 1.05 bits per heavy atom. The second-order valence-corrected chi connectivity index (χ2v) is 6.51.